The molecule has 0 fully saturated rings. The van der Waals surface area contributed by atoms with E-state index < -0.39 is 0 Å². The largest absolute Gasteiger partial charge is 0.487 e. The second-order valence-corrected chi connectivity index (χ2v) is 7.84. The van der Waals surface area contributed by atoms with Crippen molar-refractivity contribution < 1.29 is 18.5 Å². The van der Waals surface area contributed by atoms with Crippen LogP contribution in [0.4, 0.5) is 5.69 Å². The average molecular weight is 430 g/mol. The summed E-state index contributed by atoms with van der Waals surface area (Å²) in [5, 5.41) is 5.04. The number of halogens is 2. The first-order chi connectivity index (χ1) is 13.8. The number of carbonyl (C=O) groups is 1. The number of amides is 1. The van der Waals surface area contributed by atoms with E-state index in [1.165, 1.54) is 0 Å². The molecule has 148 valence electrons. The van der Waals surface area contributed by atoms with Gasteiger partial charge in [-0.2, -0.15) is 0 Å². The number of aryl methyl sites for hydroxylation is 1. The third-order valence-electron chi connectivity index (χ3n) is 4.45. The van der Waals surface area contributed by atoms with Gasteiger partial charge >= 0.3 is 0 Å². The number of carbonyl (C=O) groups excluding carboxylic acids is 1. The fourth-order valence-electron chi connectivity index (χ4n) is 3.28. The number of ether oxygens (including phenoxy) is 1. The molecule has 4 aromatic rings. The maximum Gasteiger partial charge on any atom is 0.256 e. The van der Waals surface area contributed by atoms with Crippen LogP contribution in [-0.4, -0.2) is 12.0 Å². The van der Waals surface area contributed by atoms with Crippen molar-refractivity contribution in [2.75, 3.05) is 5.32 Å². The molecule has 1 N–H and O–H groups in total. The Kier molecular flexibility index (Phi) is 5.11. The van der Waals surface area contributed by atoms with Crippen LogP contribution in [0.1, 0.15) is 24.2 Å². The molecule has 2 heterocycles. The van der Waals surface area contributed by atoms with Crippen molar-refractivity contribution in [2.24, 2.45) is 7.05 Å². The lowest BCUT2D eigenvalue weighted by molar-refractivity contribution is -0.671. The first kappa shape index (κ1) is 19.6. The Morgan fingerprint density at radius 3 is 2.48 bits per heavy atom. The summed E-state index contributed by atoms with van der Waals surface area (Å²) in [7, 11) is 1.80. The number of nitrogens with one attached hydrogen (secondary N) is 1. The smallest absolute Gasteiger partial charge is 0.256 e. The minimum absolute atomic E-state index is 0.0336. The standard InChI is InChI=1S/C22H18Cl2N2O3/c1-12(2)28-18-9-8-14(19-13-6-4-5-7-17(13)29-21(18)19)22(27)25-20-15(23)10-26(3)11-16(20)24/h4-12H,1-3H3/p+1. The SMILES string of the molecule is CC(C)Oc1ccc(C(=O)Nc2c(Cl)c[n+](C)cc2Cl)c2c1oc1ccccc12. The highest BCUT2D eigenvalue weighted by molar-refractivity contribution is 6.39. The number of nitrogens with zero attached hydrogens (tertiary/aromatic N) is 1. The second-order valence-electron chi connectivity index (χ2n) is 7.03. The molecule has 5 nitrogen and oxygen atoms in total. The van der Waals surface area contributed by atoms with Gasteiger partial charge < -0.3 is 14.5 Å². The molecule has 7 heteroatoms. The minimum atomic E-state index is -0.338. The van der Waals surface area contributed by atoms with E-state index in [0.29, 0.717) is 43.6 Å². The summed E-state index contributed by atoms with van der Waals surface area (Å²) >= 11 is 12.6. The molecule has 0 saturated carbocycles. The summed E-state index contributed by atoms with van der Waals surface area (Å²) < 4.78 is 13.6. The van der Waals surface area contributed by atoms with E-state index in [1.54, 1.807) is 36.1 Å². The molecule has 1 amide bonds. The Morgan fingerprint density at radius 1 is 1.10 bits per heavy atom. The van der Waals surface area contributed by atoms with Crippen LogP contribution in [0.3, 0.4) is 0 Å². The predicted molar refractivity (Wildman–Crippen MR) is 115 cm³/mol. The lowest BCUT2D eigenvalue weighted by atomic mass is 10.0. The van der Waals surface area contributed by atoms with Gasteiger partial charge in [0.1, 0.15) is 22.7 Å². The van der Waals surface area contributed by atoms with Crippen LogP contribution in [0.5, 0.6) is 5.75 Å². The monoisotopic (exact) mass is 429 g/mol. The van der Waals surface area contributed by atoms with E-state index >= 15 is 0 Å². The summed E-state index contributed by atoms with van der Waals surface area (Å²) in [6.07, 6.45) is 3.31. The van der Waals surface area contributed by atoms with Crippen molar-refractivity contribution in [2.45, 2.75) is 20.0 Å². The van der Waals surface area contributed by atoms with Crippen LogP contribution in [0, 0.1) is 0 Å². The number of fused-ring (bicyclic) bond motifs is 3. The Balaban J connectivity index is 1.87. The van der Waals surface area contributed by atoms with Gasteiger partial charge in [-0.25, -0.2) is 4.57 Å². The van der Waals surface area contributed by atoms with Gasteiger partial charge in [-0.1, -0.05) is 41.4 Å². The predicted octanol–water partition coefficient (Wildman–Crippen LogP) is 5.76. The molecule has 4 rings (SSSR count). The number of pyridine rings is 1. The van der Waals surface area contributed by atoms with E-state index in [-0.39, 0.29) is 12.0 Å². The molecular formula is C22H19Cl2N2O3+. The maximum atomic E-state index is 13.2. The molecule has 0 atom stereocenters. The quantitative estimate of drug-likeness (QED) is 0.419. The van der Waals surface area contributed by atoms with Gasteiger partial charge in [0, 0.05) is 10.8 Å². The number of aromatic nitrogens is 1. The van der Waals surface area contributed by atoms with Crippen molar-refractivity contribution in [3.05, 3.63) is 64.4 Å². The van der Waals surface area contributed by atoms with Crippen molar-refractivity contribution >= 4 is 56.7 Å². The molecule has 0 unspecified atom stereocenters. The Hall–Kier alpha value is -2.76. The van der Waals surface area contributed by atoms with Crippen LogP contribution >= 0.6 is 23.2 Å². The number of anilines is 1. The molecule has 0 aliphatic carbocycles. The Bertz CT molecular complexity index is 1220. The fourth-order valence-corrected chi connectivity index (χ4v) is 3.93. The van der Waals surface area contributed by atoms with Gasteiger partial charge in [0.15, 0.2) is 23.7 Å². The zero-order valence-electron chi connectivity index (χ0n) is 16.1. The summed E-state index contributed by atoms with van der Waals surface area (Å²) in [5.74, 6) is 0.251. The van der Waals surface area contributed by atoms with Gasteiger partial charge in [-0.05, 0) is 32.0 Å². The van der Waals surface area contributed by atoms with Crippen LogP contribution in [0.15, 0.2) is 53.2 Å². The summed E-state index contributed by atoms with van der Waals surface area (Å²) in [6.45, 7) is 3.88. The van der Waals surface area contributed by atoms with E-state index in [9.17, 15) is 4.79 Å². The Labute approximate surface area is 177 Å². The van der Waals surface area contributed by atoms with E-state index in [2.05, 4.69) is 5.32 Å². The average Bonchev–Trinajstić information content (AvgIpc) is 3.04. The number of para-hydroxylation sites is 1. The molecule has 0 bridgehead atoms. The van der Waals surface area contributed by atoms with E-state index in [1.807, 2.05) is 38.1 Å². The van der Waals surface area contributed by atoms with Gasteiger partial charge in [-0.15, -0.1) is 0 Å². The molecule has 2 aromatic carbocycles. The number of benzene rings is 2. The molecule has 0 saturated heterocycles. The Morgan fingerprint density at radius 2 is 1.79 bits per heavy atom. The van der Waals surface area contributed by atoms with Crippen LogP contribution in [0.2, 0.25) is 10.0 Å². The number of rotatable bonds is 4. The van der Waals surface area contributed by atoms with Gasteiger partial charge in [-0.3, -0.25) is 4.79 Å². The van der Waals surface area contributed by atoms with Crippen molar-refractivity contribution in [1.82, 2.24) is 0 Å². The molecule has 0 spiro atoms. The highest BCUT2D eigenvalue weighted by Gasteiger charge is 2.22. The first-order valence-electron chi connectivity index (χ1n) is 9.11. The molecule has 0 aliphatic heterocycles. The minimum Gasteiger partial charge on any atom is -0.487 e. The van der Waals surface area contributed by atoms with Crippen molar-refractivity contribution in [3.8, 4) is 5.75 Å². The molecule has 0 radical (unpaired) electrons. The molecule has 0 aliphatic rings. The van der Waals surface area contributed by atoms with Crippen LogP contribution in [0.25, 0.3) is 21.9 Å². The normalized spacial score (nSPS) is 11.4. The summed E-state index contributed by atoms with van der Waals surface area (Å²) in [6, 6.07) is 11.0. The molecular weight excluding hydrogens is 411 g/mol. The van der Waals surface area contributed by atoms with Gasteiger partial charge in [0.2, 0.25) is 0 Å². The van der Waals surface area contributed by atoms with Crippen LogP contribution < -0.4 is 14.6 Å². The topological polar surface area (TPSA) is 55.4 Å². The lowest BCUT2D eigenvalue weighted by Gasteiger charge is -2.12. The first-order valence-corrected chi connectivity index (χ1v) is 9.87. The zero-order chi connectivity index (χ0) is 20.7. The van der Waals surface area contributed by atoms with Gasteiger partial charge in [0.25, 0.3) is 5.91 Å². The maximum absolute atomic E-state index is 13.2. The number of hydrogen-bond acceptors (Lipinski definition) is 3. The molecule has 29 heavy (non-hydrogen) atoms. The third kappa shape index (κ3) is 3.63. The highest BCUT2D eigenvalue weighted by Crippen LogP contribution is 2.38. The van der Waals surface area contributed by atoms with Crippen LogP contribution in [-0.2, 0) is 7.05 Å². The third-order valence-corrected chi connectivity index (χ3v) is 5.02. The zero-order valence-corrected chi connectivity index (χ0v) is 17.6. The highest BCUT2D eigenvalue weighted by atomic mass is 35.5. The van der Waals surface area contributed by atoms with Crippen molar-refractivity contribution in [1.29, 1.82) is 0 Å². The molecule has 2 aromatic heterocycles. The van der Waals surface area contributed by atoms with E-state index in [4.69, 9.17) is 32.4 Å². The number of furan rings is 1. The second kappa shape index (κ2) is 7.58. The summed E-state index contributed by atoms with van der Waals surface area (Å²) in [5.41, 5.74) is 2.02. The lowest BCUT2D eigenvalue weighted by Crippen LogP contribution is -2.27. The summed E-state index contributed by atoms with van der Waals surface area (Å²) in [4.78, 5) is 13.2. The fraction of sp³-hybridized carbons (Fsp3) is 0.182. The van der Waals surface area contributed by atoms with Crippen molar-refractivity contribution in [3.63, 3.8) is 0 Å². The van der Waals surface area contributed by atoms with E-state index in [0.717, 1.165) is 5.39 Å². The number of hydrogen-bond donors (Lipinski definition) is 1. The van der Waals surface area contributed by atoms with Gasteiger partial charge in [0.05, 0.1) is 17.4 Å².